The largest absolute Gasteiger partial charge is 0.508 e. The zero-order chi connectivity index (χ0) is 24.7. The van der Waals surface area contributed by atoms with Crippen LogP contribution in [-0.4, -0.2) is 46.9 Å². The maximum atomic E-state index is 13.1. The monoisotopic (exact) mass is 482 g/mol. The molecule has 0 atom stereocenters. The minimum absolute atomic E-state index is 0.292. The summed E-state index contributed by atoms with van der Waals surface area (Å²) in [5.74, 6) is 1.29. The van der Waals surface area contributed by atoms with Crippen molar-refractivity contribution < 1.29 is 9.90 Å². The number of piperidine rings is 1. The van der Waals surface area contributed by atoms with E-state index in [2.05, 4.69) is 58.3 Å². The Morgan fingerprint density at radius 3 is 2.25 bits per heavy atom. The van der Waals surface area contributed by atoms with Crippen molar-refractivity contribution in [2.45, 2.75) is 51.6 Å². The van der Waals surface area contributed by atoms with E-state index in [1.165, 1.54) is 16.7 Å². The maximum absolute atomic E-state index is 13.1. The van der Waals surface area contributed by atoms with Crippen LogP contribution < -0.4 is 0 Å². The summed E-state index contributed by atoms with van der Waals surface area (Å²) in [7, 11) is 0. The Balaban J connectivity index is 1.09. The number of Topliss-reactive ketones (excluding diaryl/α,β-unsaturated/α-hetero) is 1. The third kappa shape index (κ3) is 6.43. The third-order valence-corrected chi connectivity index (χ3v) is 8.04. The van der Waals surface area contributed by atoms with Crippen molar-refractivity contribution in [2.24, 2.45) is 5.92 Å². The molecule has 2 heterocycles. The number of fused-ring (bicyclic) bond motifs is 1. The highest BCUT2D eigenvalue weighted by Crippen LogP contribution is 2.26. The Hall–Kier alpha value is -2.95. The van der Waals surface area contributed by atoms with E-state index >= 15 is 0 Å². The van der Waals surface area contributed by atoms with E-state index < -0.39 is 0 Å². The van der Waals surface area contributed by atoms with Gasteiger partial charge in [-0.2, -0.15) is 0 Å². The van der Waals surface area contributed by atoms with Gasteiger partial charge in [-0.15, -0.1) is 0 Å². The Morgan fingerprint density at radius 1 is 0.778 bits per heavy atom. The third-order valence-electron chi connectivity index (χ3n) is 8.04. The topological polar surface area (TPSA) is 43.8 Å². The van der Waals surface area contributed by atoms with Crippen LogP contribution in [0.3, 0.4) is 0 Å². The van der Waals surface area contributed by atoms with Gasteiger partial charge in [-0.3, -0.25) is 14.6 Å². The number of hydrogen-bond acceptors (Lipinski definition) is 4. The van der Waals surface area contributed by atoms with Crippen LogP contribution in [0.4, 0.5) is 0 Å². The van der Waals surface area contributed by atoms with Crippen LogP contribution in [0, 0.1) is 5.92 Å². The first kappa shape index (κ1) is 24.7. The first-order chi connectivity index (χ1) is 17.6. The van der Waals surface area contributed by atoms with Gasteiger partial charge >= 0.3 is 0 Å². The average Bonchev–Trinajstić information content (AvgIpc) is 3.12. The second kappa shape index (κ2) is 11.9. The minimum atomic E-state index is 0.292. The molecular weight excluding hydrogens is 444 g/mol. The van der Waals surface area contributed by atoms with Crippen molar-refractivity contribution in [3.63, 3.8) is 0 Å². The summed E-state index contributed by atoms with van der Waals surface area (Å²) in [5, 5.41) is 10.0. The fourth-order valence-electron chi connectivity index (χ4n) is 5.74. The molecule has 0 amide bonds. The number of likely N-dealkylation sites (tertiary alicyclic amines) is 1. The fraction of sp³-hybridized carbons (Fsp3) is 0.406. The van der Waals surface area contributed by atoms with Gasteiger partial charge in [-0.25, -0.2) is 0 Å². The van der Waals surface area contributed by atoms with Crippen molar-refractivity contribution in [1.29, 1.82) is 0 Å². The van der Waals surface area contributed by atoms with Crippen LogP contribution >= 0.6 is 0 Å². The minimum Gasteiger partial charge on any atom is -0.508 e. The SMILES string of the molecule is O=C(CCC1CCN(Cc2ccccc2O)CC1)c1ccc2c(c1)CCN(Cc1ccccc1)CC2. The first-order valence-electron chi connectivity index (χ1n) is 13.5. The van der Waals surface area contributed by atoms with Crippen molar-refractivity contribution in [2.75, 3.05) is 26.2 Å². The summed E-state index contributed by atoms with van der Waals surface area (Å²) in [4.78, 5) is 18.0. The van der Waals surface area contributed by atoms with E-state index in [0.717, 1.165) is 82.5 Å². The van der Waals surface area contributed by atoms with Crippen LogP contribution in [0.15, 0.2) is 72.8 Å². The molecule has 1 saturated heterocycles. The number of rotatable bonds is 8. The molecule has 1 N–H and O–H groups in total. The van der Waals surface area contributed by atoms with Crippen molar-refractivity contribution in [3.8, 4) is 5.75 Å². The van der Waals surface area contributed by atoms with Gasteiger partial charge in [0.05, 0.1) is 0 Å². The molecule has 3 aromatic carbocycles. The lowest BCUT2D eigenvalue weighted by Crippen LogP contribution is -2.33. The average molecular weight is 483 g/mol. The van der Waals surface area contributed by atoms with Gasteiger partial charge in [0.15, 0.2) is 5.78 Å². The standard InChI is InChI=1S/C32H38N2O2/c35-31-9-5-4-8-30(31)24-34-18-14-25(15-19-34)10-13-32(36)29-12-11-27-16-20-33(21-17-28(27)22-29)23-26-6-2-1-3-7-26/h1-9,11-12,22,25,35H,10,13-21,23-24H2. The molecule has 1 fully saturated rings. The summed E-state index contributed by atoms with van der Waals surface area (Å²) in [6.07, 6.45) is 5.94. The van der Waals surface area contributed by atoms with Gasteiger partial charge in [0, 0.05) is 43.7 Å². The number of phenols is 1. The predicted octanol–water partition coefficient (Wildman–Crippen LogP) is 5.87. The van der Waals surface area contributed by atoms with Crippen molar-refractivity contribution in [3.05, 3.63) is 101 Å². The molecule has 2 aliphatic rings. The molecule has 36 heavy (non-hydrogen) atoms. The normalized spacial score (nSPS) is 17.4. The number of carbonyl (C=O) groups is 1. The number of carbonyl (C=O) groups excluding carboxylic acids is 1. The Labute approximate surface area is 215 Å². The molecule has 0 unspecified atom stereocenters. The molecule has 188 valence electrons. The van der Waals surface area contributed by atoms with Gasteiger partial charge in [-0.1, -0.05) is 60.7 Å². The molecule has 0 bridgehead atoms. The molecule has 5 rings (SSSR count). The molecule has 0 saturated carbocycles. The van der Waals surface area contributed by atoms with Gasteiger partial charge in [0.1, 0.15) is 5.75 Å². The molecule has 4 heteroatoms. The Bertz CT molecular complexity index is 1150. The summed E-state index contributed by atoms with van der Waals surface area (Å²) in [6.45, 7) is 5.97. The quantitative estimate of drug-likeness (QED) is 0.408. The van der Waals surface area contributed by atoms with E-state index in [-0.39, 0.29) is 0 Å². The van der Waals surface area contributed by atoms with E-state index in [0.29, 0.717) is 23.9 Å². The number of para-hydroxylation sites is 1. The number of aromatic hydroxyl groups is 1. The lowest BCUT2D eigenvalue weighted by molar-refractivity contribution is 0.0961. The van der Waals surface area contributed by atoms with Crippen molar-refractivity contribution >= 4 is 5.78 Å². The van der Waals surface area contributed by atoms with Gasteiger partial charge in [-0.05, 0) is 79.9 Å². The molecular formula is C32H38N2O2. The molecule has 0 spiro atoms. The zero-order valence-electron chi connectivity index (χ0n) is 21.2. The number of phenolic OH excluding ortho intramolecular Hbond substituents is 1. The number of benzene rings is 3. The fourth-order valence-corrected chi connectivity index (χ4v) is 5.74. The number of hydrogen-bond donors (Lipinski definition) is 1. The molecule has 4 nitrogen and oxygen atoms in total. The van der Waals surface area contributed by atoms with E-state index in [4.69, 9.17) is 0 Å². The van der Waals surface area contributed by atoms with Gasteiger partial charge in [0.2, 0.25) is 0 Å². The number of nitrogens with zero attached hydrogens (tertiary/aromatic N) is 2. The Morgan fingerprint density at radius 2 is 1.47 bits per heavy atom. The van der Waals surface area contributed by atoms with Crippen LogP contribution in [0.25, 0.3) is 0 Å². The predicted molar refractivity (Wildman–Crippen MR) is 145 cm³/mol. The Kier molecular flexibility index (Phi) is 8.15. The second-order valence-corrected chi connectivity index (χ2v) is 10.6. The summed E-state index contributed by atoms with van der Waals surface area (Å²) >= 11 is 0. The first-order valence-corrected chi connectivity index (χ1v) is 13.5. The summed E-state index contributed by atoms with van der Waals surface area (Å²) in [5.41, 5.74) is 6.01. The van der Waals surface area contributed by atoms with Crippen LogP contribution in [-0.2, 0) is 25.9 Å². The van der Waals surface area contributed by atoms with E-state index in [9.17, 15) is 9.90 Å². The molecule has 3 aromatic rings. The molecule has 0 aromatic heterocycles. The summed E-state index contributed by atoms with van der Waals surface area (Å²) < 4.78 is 0. The molecule has 0 radical (unpaired) electrons. The summed E-state index contributed by atoms with van der Waals surface area (Å²) in [6, 6.07) is 24.7. The second-order valence-electron chi connectivity index (χ2n) is 10.6. The lowest BCUT2D eigenvalue weighted by Gasteiger charge is -2.32. The number of ketones is 1. The zero-order valence-corrected chi connectivity index (χ0v) is 21.2. The van der Waals surface area contributed by atoms with Crippen LogP contribution in [0.2, 0.25) is 0 Å². The van der Waals surface area contributed by atoms with Gasteiger partial charge < -0.3 is 5.11 Å². The maximum Gasteiger partial charge on any atom is 0.162 e. The highest BCUT2D eigenvalue weighted by atomic mass is 16.3. The lowest BCUT2D eigenvalue weighted by atomic mass is 9.89. The smallest absolute Gasteiger partial charge is 0.162 e. The highest BCUT2D eigenvalue weighted by Gasteiger charge is 2.22. The van der Waals surface area contributed by atoms with E-state index in [1.54, 1.807) is 6.07 Å². The van der Waals surface area contributed by atoms with Crippen LogP contribution in [0.5, 0.6) is 5.75 Å². The van der Waals surface area contributed by atoms with Gasteiger partial charge in [0.25, 0.3) is 0 Å². The highest BCUT2D eigenvalue weighted by molar-refractivity contribution is 5.96. The van der Waals surface area contributed by atoms with Crippen LogP contribution in [0.1, 0.15) is 58.3 Å². The van der Waals surface area contributed by atoms with E-state index in [1.807, 2.05) is 18.2 Å². The molecule has 0 aliphatic carbocycles. The van der Waals surface area contributed by atoms with Crippen molar-refractivity contribution in [1.82, 2.24) is 9.80 Å². The molecule has 2 aliphatic heterocycles.